The second kappa shape index (κ2) is 6.23. The van der Waals surface area contributed by atoms with E-state index < -0.39 is 0 Å². The molecule has 0 unspecified atom stereocenters. The second-order valence-corrected chi connectivity index (χ2v) is 6.85. The molecule has 0 aliphatic rings. The molecule has 1 heterocycles. The Hall–Kier alpha value is -1.93. The van der Waals surface area contributed by atoms with Crippen molar-refractivity contribution in [3.63, 3.8) is 0 Å². The first-order valence-corrected chi connectivity index (χ1v) is 7.47. The lowest BCUT2D eigenvalue weighted by Crippen LogP contribution is -2.14. The van der Waals surface area contributed by atoms with E-state index in [1.165, 1.54) is 17.4 Å². The summed E-state index contributed by atoms with van der Waals surface area (Å²) in [4.78, 5) is 5.52. The molecule has 0 bridgehead atoms. The lowest BCUT2D eigenvalue weighted by Gasteiger charge is -2.16. The van der Waals surface area contributed by atoms with E-state index in [1.807, 2.05) is 0 Å². The van der Waals surface area contributed by atoms with Crippen LogP contribution >= 0.6 is 11.3 Å². The van der Waals surface area contributed by atoms with Gasteiger partial charge in [0.1, 0.15) is 11.6 Å². The van der Waals surface area contributed by atoms with Gasteiger partial charge in [0, 0.05) is 10.3 Å². The Bertz CT molecular complexity index is 668. The fourth-order valence-electron chi connectivity index (χ4n) is 1.94. The molecule has 0 aliphatic heterocycles. The minimum atomic E-state index is -0.387. The van der Waals surface area contributed by atoms with E-state index >= 15 is 0 Å². The van der Waals surface area contributed by atoms with E-state index in [4.69, 9.17) is 10.00 Å². The predicted molar refractivity (Wildman–Crippen MR) is 80.9 cm³/mol. The van der Waals surface area contributed by atoms with Crippen molar-refractivity contribution in [3.8, 4) is 11.8 Å². The van der Waals surface area contributed by atoms with Crippen LogP contribution in [-0.4, -0.2) is 4.98 Å². The van der Waals surface area contributed by atoms with Crippen molar-refractivity contribution in [1.29, 1.82) is 5.26 Å². The maximum Gasteiger partial charge on any atom is 0.165 e. The van der Waals surface area contributed by atoms with Gasteiger partial charge in [0.2, 0.25) is 0 Å². The monoisotopic (exact) mass is 304 g/mol. The quantitative estimate of drug-likeness (QED) is 0.849. The molecule has 1 aromatic carbocycles. The van der Waals surface area contributed by atoms with Gasteiger partial charge in [-0.25, -0.2) is 9.37 Å². The fraction of sp³-hybridized carbons (Fsp3) is 0.375. The molecule has 0 radical (unpaired) electrons. The average molecular weight is 304 g/mol. The standard InChI is InChI=1S/C16H17FN2OS/c1-16(2,3)15-13(8-9-18)21-14(19-15)10-20-12-7-5-4-6-11(12)17/h4-7H,8,10H2,1-3H3. The minimum Gasteiger partial charge on any atom is -0.483 e. The minimum absolute atomic E-state index is 0.126. The van der Waals surface area contributed by atoms with Crippen molar-refractivity contribution < 1.29 is 9.13 Å². The number of thiazole rings is 1. The van der Waals surface area contributed by atoms with Crippen LogP contribution in [0.4, 0.5) is 4.39 Å². The van der Waals surface area contributed by atoms with Crippen molar-refractivity contribution in [3.05, 3.63) is 45.7 Å². The molecular formula is C16H17FN2OS. The molecule has 110 valence electrons. The van der Waals surface area contributed by atoms with E-state index in [-0.39, 0.29) is 23.6 Å². The molecule has 2 rings (SSSR count). The molecule has 0 fully saturated rings. The van der Waals surface area contributed by atoms with Gasteiger partial charge in [-0.05, 0) is 12.1 Å². The highest BCUT2D eigenvalue weighted by Crippen LogP contribution is 2.30. The van der Waals surface area contributed by atoms with Gasteiger partial charge in [-0.1, -0.05) is 32.9 Å². The Morgan fingerprint density at radius 3 is 2.67 bits per heavy atom. The summed E-state index contributed by atoms with van der Waals surface area (Å²) in [6.45, 7) is 6.39. The number of aromatic nitrogens is 1. The van der Waals surface area contributed by atoms with Crippen LogP contribution in [0.25, 0.3) is 0 Å². The lowest BCUT2D eigenvalue weighted by atomic mass is 9.91. The van der Waals surface area contributed by atoms with E-state index in [9.17, 15) is 4.39 Å². The zero-order chi connectivity index (χ0) is 15.5. The van der Waals surface area contributed by atoms with E-state index in [0.29, 0.717) is 6.42 Å². The molecule has 21 heavy (non-hydrogen) atoms. The summed E-state index contributed by atoms with van der Waals surface area (Å²) >= 11 is 1.45. The summed E-state index contributed by atoms with van der Waals surface area (Å²) in [6, 6.07) is 8.45. The van der Waals surface area contributed by atoms with Gasteiger partial charge in [0.05, 0.1) is 18.2 Å². The Morgan fingerprint density at radius 1 is 1.33 bits per heavy atom. The molecule has 1 aromatic heterocycles. The number of hydrogen-bond donors (Lipinski definition) is 0. The molecule has 3 nitrogen and oxygen atoms in total. The van der Waals surface area contributed by atoms with Crippen molar-refractivity contribution in [2.75, 3.05) is 0 Å². The number of nitriles is 1. The first-order valence-electron chi connectivity index (χ1n) is 6.65. The third-order valence-electron chi connectivity index (χ3n) is 2.88. The Balaban J connectivity index is 2.18. The van der Waals surface area contributed by atoms with Gasteiger partial charge < -0.3 is 4.74 Å². The number of rotatable bonds is 4. The first-order chi connectivity index (χ1) is 9.91. The van der Waals surface area contributed by atoms with E-state index in [0.717, 1.165) is 15.6 Å². The molecule has 2 aromatic rings. The molecule has 0 atom stereocenters. The van der Waals surface area contributed by atoms with Crippen molar-refractivity contribution in [2.45, 2.75) is 39.2 Å². The van der Waals surface area contributed by atoms with Gasteiger partial charge in [-0.3, -0.25) is 0 Å². The van der Waals surface area contributed by atoms with Crippen LogP contribution in [0.3, 0.4) is 0 Å². The molecule has 0 N–H and O–H groups in total. The van der Waals surface area contributed by atoms with E-state index in [1.54, 1.807) is 18.2 Å². The zero-order valence-electron chi connectivity index (χ0n) is 12.3. The van der Waals surface area contributed by atoms with Crippen LogP contribution in [0.15, 0.2) is 24.3 Å². The highest BCUT2D eigenvalue weighted by molar-refractivity contribution is 7.11. The summed E-state index contributed by atoms with van der Waals surface area (Å²) in [7, 11) is 0. The smallest absolute Gasteiger partial charge is 0.165 e. The molecular weight excluding hydrogens is 287 g/mol. The predicted octanol–water partition coefficient (Wildman–Crippen LogP) is 4.22. The zero-order valence-corrected chi connectivity index (χ0v) is 13.1. The Kier molecular flexibility index (Phi) is 4.59. The van der Waals surface area contributed by atoms with Crippen LogP contribution in [0.2, 0.25) is 0 Å². The molecule has 0 saturated heterocycles. The third-order valence-corrected chi connectivity index (χ3v) is 3.91. The topological polar surface area (TPSA) is 45.9 Å². The Morgan fingerprint density at radius 2 is 2.05 bits per heavy atom. The summed E-state index contributed by atoms with van der Waals surface area (Å²) < 4.78 is 19.0. The number of ether oxygens (including phenoxy) is 1. The number of halogens is 1. The Labute approximate surface area is 128 Å². The van der Waals surface area contributed by atoms with Gasteiger partial charge >= 0.3 is 0 Å². The molecule has 0 saturated carbocycles. The van der Waals surface area contributed by atoms with Crippen LogP contribution in [-0.2, 0) is 18.4 Å². The van der Waals surface area contributed by atoms with E-state index in [2.05, 4.69) is 31.8 Å². The van der Waals surface area contributed by atoms with Crippen molar-refractivity contribution in [1.82, 2.24) is 4.98 Å². The normalized spacial score (nSPS) is 11.2. The van der Waals surface area contributed by atoms with Crippen LogP contribution in [0.5, 0.6) is 5.75 Å². The van der Waals surface area contributed by atoms with Gasteiger partial charge in [-0.15, -0.1) is 11.3 Å². The number of benzene rings is 1. The van der Waals surface area contributed by atoms with Crippen LogP contribution in [0, 0.1) is 17.1 Å². The molecule has 0 aliphatic carbocycles. The van der Waals surface area contributed by atoms with Crippen molar-refractivity contribution in [2.24, 2.45) is 0 Å². The second-order valence-electron chi connectivity index (χ2n) is 5.68. The summed E-state index contributed by atoms with van der Waals surface area (Å²) in [5, 5.41) is 9.67. The number of hydrogen-bond acceptors (Lipinski definition) is 4. The van der Waals surface area contributed by atoms with Gasteiger partial charge in [-0.2, -0.15) is 5.26 Å². The maximum atomic E-state index is 13.5. The average Bonchev–Trinajstić information content (AvgIpc) is 2.81. The fourth-order valence-corrected chi connectivity index (χ4v) is 3.07. The molecule has 0 spiro atoms. The van der Waals surface area contributed by atoms with Crippen LogP contribution in [0.1, 0.15) is 36.3 Å². The first kappa shape index (κ1) is 15.5. The molecule has 5 heteroatoms. The highest BCUT2D eigenvalue weighted by atomic mass is 32.1. The van der Waals surface area contributed by atoms with Crippen molar-refractivity contribution >= 4 is 11.3 Å². The summed E-state index contributed by atoms with van der Waals surface area (Å²) in [5.41, 5.74) is 0.792. The summed E-state index contributed by atoms with van der Waals surface area (Å²) in [6.07, 6.45) is 0.337. The van der Waals surface area contributed by atoms with Gasteiger partial charge in [0.15, 0.2) is 11.6 Å². The van der Waals surface area contributed by atoms with Crippen LogP contribution < -0.4 is 4.74 Å². The number of nitrogens with zero attached hydrogens (tertiary/aromatic N) is 2. The highest BCUT2D eigenvalue weighted by Gasteiger charge is 2.23. The summed E-state index contributed by atoms with van der Waals surface area (Å²) in [5.74, 6) is -0.172. The SMILES string of the molecule is CC(C)(C)c1nc(COc2ccccc2F)sc1CC#N. The third kappa shape index (κ3) is 3.79. The van der Waals surface area contributed by atoms with Gasteiger partial charge in [0.25, 0.3) is 0 Å². The molecule has 0 amide bonds. The number of para-hydroxylation sites is 1. The lowest BCUT2D eigenvalue weighted by molar-refractivity contribution is 0.289. The maximum absolute atomic E-state index is 13.5. The largest absolute Gasteiger partial charge is 0.483 e.